The molecular formula is C16H19FIN3O2. The normalized spacial score (nSPS) is 12.2. The van der Waals surface area contributed by atoms with Gasteiger partial charge < -0.3 is 20.9 Å². The van der Waals surface area contributed by atoms with Crippen LogP contribution in [0.2, 0.25) is 0 Å². The molecule has 0 amide bonds. The number of methoxy groups -OCH3 is 1. The van der Waals surface area contributed by atoms with Crippen LogP contribution in [-0.4, -0.2) is 24.7 Å². The summed E-state index contributed by atoms with van der Waals surface area (Å²) in [4.78, 5) is 4.02. The van der Waals surface area contributed by atoms with Gasteiger partial charge in [0.05, 0.1) is 13.7 Å². The molecule has 23 heavy (non-hydrogen) atoms. The molecule has 1 atom stereocenters. The number of aliphatic hydroxyl groups excluding tert-OH is 1. The smallest absolute Gasteiger partial charge is 0.193 e. The monoisotopic (exact) mass is 431 g/mol. The Morgan fingerprint density at radius 3 is 2.74 bits per heavy atom. The minimum atomic E-state index is -1.05. The van der Waals surface area contributed by atoms with Crippen LogP contribution in [0, 0.1) is 5.82 Å². The molecule has 0 aromatic heterocycles. The van der Waals surface area contributed by atoms with Crippen molar-refractivity contribution in [3.63, 3.8) is 0 Å². The highest BCUT2D eigenvalue weighted by Gasteiger charge is 2.11. The van der Waals surface area contributed by atoms with E-state index in [1.54, 1.807) is 37.4 Å². The second-order valence-corrected chi connectivity index (χ2v) is 4.62. The molecule has 0 aliphatic carbocycles. The van der Waals surface area contributed by atoms with E-state index in [0.717, 1.165) is 0 Å². The molecule has 4 N–H and O–H groups in total. The van der Waals surface area contributed by atoms with E-state index in [-0.39, 0.29) is 42.0 Å². The van der Waals surface area contributed by atoms with Gasteiger partial charge in [-0.05, 0) is 18.2 Å². The summed E-state index contributed by atoms with van der Waals surface area (Å²) in [5.74, 6) is 0.345. The standard InChI is InChI=1S/C16H18FN3O2.HI/c1-22-12-6-4-5-11(9-12)20-16(18)19-10-15(21)13-7-2-3-8-14(13)17;/h2-9,15,21H,10H2,1H3,(H3,18,19,20);1H. The molecule has 0 radical (unpaired) electrons. The van der Waals surface area contributed by atoms with E-state index in [9.17, 15) is 9.50 Å². The molecule has 0 heterocycles. The molecule has 0 spiro atoms. The maximum atomic E-state index is 13.5. The van der Waals surface area contributed by atoms with Crippen molar-refractivity contribution in [2.75, 3.05) is 19.0 Å². The molecular weight excluding hydrogens is 412 g/mol. The van der Waals surface area contributed by atoms with Crippen molar-refractivity contribution in [3.8, 4) is 5.75 Å². The Labute approximate surface area is 151 Å². The summed E-state index contributed by atoms with van der Waals surface area (Å²) >= 11 is 0. The first-order valence-corrected chi connectivity index (χ1v) is 6.73. The highest BCUT2D eigenvalue weighted by Crippen LogP contribution is 2.18. The molecule has 0 saturated carbocycles. The molecule has 1 unspecified atom stereocenters. The Morgan fingerprint density at radius 1 is 1.30 bits per heavy atom. The van der Waals surface area contributed by atoms with Gasteiger partial charge in [0, 0.05) is 17.3 Å². The molecule has 0 saturated heterocycles. The number of ether oxygens (including phenoxy) is 1. The maximum absolute atomic E-state index is 13.5. The Hall–Kier alpha value is -1.87. The third-order valence-corrected chi connectivity index (χ3v) is 3.04. The number of hydrogen-bond donors (Lipinski definition) is 3. The molecule has 2 aromatic rings. The second kappa shape index (κ2) is 9.31. The Morgan fingerprint density at radius 2 is 2.04 bits per heavy atom. The van der Waals surface area contributed by atoms with Crippen LogP contribution in [0.5, 0.6) is 5.75 Å². The van der Waals surface area contributed by atoms with Crippen molar-refractivity contribution in [1.82, 2.24) is 0 Å². The number of aliphatic hydroxyl groups is 1. The number of guanidine groups is 1. The molecule has 124 valence electrons. The fourth-order valence-electron chi connectivity index (χ4n) is 1.92. The number of nitrogens with one attached hydrogen (secondary N) is 1. The lowest BCUT2D eigenvalue weighted by atomic mass is 10.1. The van der Waals surface area contributed by atoms with Crippen LogP contribution in [-0.2, 0) is 0 Å². The van der Waals surface area contributed by atoms with Crippen molar-refractivity contribution >= 4 is 35.6 Å². The van der Waals surface area contributed by atoms with Crippen LogP contribution < -0.4 is 15.8 Å². The fourth-order valence-corrected chi connectivity index (χ4v) is 1.92. The summed E-state index contributed by atoms with van der Waals surface area (Å²) in [5, 5.41) is 12.8. The lowest BCUT2D eigenvalue weighted by molar-refractivity contribution is 0.182. The van der Waals surface area contributed by atoms with Crippen molar-refractivity contribution in [2.45, 2.75) is 6.10 Å². The molecule has 0 aliphatic heterocycles. The zero-order valence-electron chi connectivity index (χ0n) is 12.6. The highest BCUT2D eigenvalue weighted by atomic mass is 127. The maximum Gasteiger partial charge on any atom is 0.193 e. The Balaban J connectivity index is 0.00000264. The van der Waals surface area contributed by atoms with Crippen molar-refractivity contribution in [3.05, 3.63) is 59.9 Å². The van der Waals surface area contributed by atoms with Crippen LogP contribution >= 0.6 is 24.0 Å². The van der Waals surface area contributed by atoms with Gasteiger partial charge in [0.2, 0.25) is 0 Å². The summed E-state index contributed by atoms with van der Waals surface area (Å²) in [6.07, 6.45) is -1.05. The van der Waals surface area contributed by atoms with Gasteiger partial charge in [0.15, 0.2) is 5.96 Å². The van der Waals surface area contributed by atoms with Gasteiger partial charge in [0.25, 0.3) is 0 Å². The van der Waals surface area contributed by atoms with Crippen molar-refractivity contribution in [1.29, 1.82) is 0 Å². The fraction of sp³-hybridized carbons (Fsp3) is 0.188. The van der Waals surface area contributed by atoms with Gasteiger partial charge in [-0.2, -0.15) is 0 Å². The first-order valence-electron chi connectivity index (χ1n) is 6.73. The number of nitrogens with zero attached hydrogens (tertiary/aromatic N) is 1. The van der Waals surface area contributed by atoms with E-state index in [1.807, 2.05) is 6.07 Å². The van der Waals surface area contributed by atoms with Crippen LogP contribution in [0.3, 0.4) is 0 Å². The number of halogens is 2. The molecule has 0 bridgehead atoms. The summed E-state index contributed by atoms with van der Waals surface area (Å²) in [6.45, 7) is -0.0380. The zero-order chi connectivity index (χ0) is 15.9. The van der Waals surface area contributed by atoms with Crippen LogP contribution in [0.25, 0.3) is 0 Å². The summed E-state index contributed by atoms with van der Waals surface area (Å²) in [7, 11) is 1.57. The summed E-state index contributed by atoms with van der Waals surface area (Å²) in [6, 6.07) is 13.2. The molecule has 7 heteroatoms. The predicted octanol–water partition coefficient (Wildman–Crippen LogP) is 2.91. The quantitative estimate of drug-likeness (QED) is 0.387. The lowest BCUT2D eigenvalue weighted by Gasteiger charge is -2.11. The van der Waals surface area contributed by atoms with Gasteiger partial charge in [-0.25, -0.2) is 4.39 Å². The second-order valence-electron chi connectivity index (χ2n) is 4.62. The molecule has 5 nitrogen and oxygen atoms in total. The number of aliphatic imine (C=N–C) groups is 1. The van der Waals surface area contributed by atoms with E-state index in [2.05, 4.69) is 10.3 Å². The minimum Gasteiger partial charge on any atom is -0.497 e. The Kier molecular flexibility index (Phi) is 7.76. The van der Waals surface area contributed by atoms with E-state index in [0.29, 0.717) is 11.4 Å². The van der Waals surface area contributed by atoms with E-state index < -0.39 is 11.9 Å². The average Bonchev–Trinajstić information content (AvgIpc) is 2.53. The van der Waals surface area contributed by atoms with Crippen LogP contribution in [0.1, 0.15) is 11.7 Å². The van der Waals surface area contributed by atoms with Crippen molar-refractivity contribution in [2.24, 2.45) is 10.7 Å². The molecule has 2 rings (SSSR count). The topological polar surface area (TPSA) is 79.9 Å². The van der Waals surface area contributed by atoms with Gasteiger partial charge in [-0.3, -0.25) is 4.99 Å². The molecule has 0 aliphatic rings. The number of hydrogen-bond acceptors (Lipinski definition) is 3. The van der Waals surface area contributed by atoms with Crippen LogP contribution in [0.15, 0.2) is 53.5 Å². The van der Waals surface area contributed by atoms with Gasteiger partial charge in [-0.15, -0.1) is 24.0 Å². The van der Waals surface area contributed by atoms with Crippen molar-refractivity contribution < 1.29 is 14.2 Å². The Bertz CT molecular complexity index is 667. The zero-order valence-corrected chi connectivity index (χ0v) is 14.9. The average molecular weight is 431 g/mol. The van der Waals surface area contributed by atoms with E-state index in [4.69, 9.17) is 10.5 Å². The third kappa shape index (κ3) is 5.68. The van der Waals surface area contributed by atoms with Gasteiger partial charge >= 0.3 is 0 Å². The summed E-state index contributed by atoms with van der Waals surface area (Å²) in [5.41, 5.74) is 6.66. The first-order chi connectivity index (χ1) is 10.6. The number of anilines is 1. The largest absolute Gasteiger partial charge is 0.497 e. The lowest BCUT2D eigenvalue weighted by Crippen LogP contribution is -2.23. The first kappa shape index (κ1) is 19.2. The minimum absolute atomic E-state index is 0. The molecule has 2 aromatic carbocycles. The van der Waals surface area contributed by atoms with E-state index in [1.165, 1.54) is 12.1 Å². The predicted molar refractivity (Wildman–Crippen MR) is 99.9 cm³/mol. The highest BCUT2D eigenvalue weighted by molar-refractivity contribution is 14.0. The third-order valence-electron chi connectivity index (χ3n) is 3.04. The number of rotatable bonds is 5. The van der Waals surface area contributed by atoms with Gasteiger partial charge in [0.1, 0.15) is 17.7 Å². The van der Waals surface area contributed by atoms with Gasteiger partial charge in [-0.1, -0.05) is 24.3 Å². The van der Waals surface area contributed by atoms with E-state index >= 15 is 0 Å². The summed E-state index contributed by atoms with van der Waals surface area (Å²) < 4.78 is 18.6. The number of nitrogens with two attached hydrogens (primary N) is 1. The molecule has 0 fully saturated rings. The van der Waals surface area contributed by atoms with Crippen LogP contribution in [0.4, 0.5) is 10.1 Å². The number of benzene rings is 2. The SMILES string of the molecule is COc1cccc(NC(N)=NCC(O)c2ccccc2F)c1.I.